The smallest absolute Gasteiger partial charge is 0.280 e. The Bertz CT molecular complexity index is 870. The number of carbonyl (C=O) groups is 2. The van der Waals surface area contributed by atoms with E-state index in [0.29, 0.717) is 34.5 Å². The van der Waals surface area contributed by atoms with Gasteiger partial charge < -0.3 is 9.73 Å². The van der Waals surface area contributed by atoms with E-state index in [1.165, 1.54) is 6.26 Å². The Balaban J connectivity index is 1.98. The first-order valence-electron chi connectivity index (χ1n) is 7.85. The summed E-state index contributed by atoms with van der Waals surface area (Å²) in [4.78, 5) is 33.9. The van der Waals surface area contributed by atoms with Crippen molar-refractivity contribution in [3.8, 4) is 11.5 Å². The van der Waals surface area contributed by atoms with Crippen molar-refractivity contribution in [3.63, 3.8) is 0 Å². The Hall–Kier alpha value is -2.80. The Morgan fingerprint density at radius 1 is 1.24 bits per heavy atom. The van der Waals surface area contributed by atoms with Crippen molar-refractivity contribution in [2.75, 3.05) is 6.54 Å². The molecule has 6 nitrogen and oxygen atoms in total. The summed E-state index contributed by atoms with van der Waals surface area (Å²) in [5.74, 6) is 0.181. The molecule has 7 heteroatoms. The van der Waals surface area contributed by atoms with Crippen LogP contribution in [0.3, 0.4) is 0 Å². The van der Waals surface area contributed by atoms with Crippen LogP contribution in [-0.2, 0) is 0 Å². The fraction of sp³-hybridized carbons (Fsp3) is 0.222. The highest BCUT2D eigenvalue weighted by Crippen LogP contribution is 2.30. The van der Waals surface area contributed by atoms with E-state index in [1.807, 2.05) is 13.8 Å². The number of nitrogens with zero attached hydrogens (tertiary/aromatic N) is 2. The average molecular weight is 355 g/mol. The van der Waals surface area contributed by atoms with Crippen molar-refractivity contribution in [2.45, 2.75) is 13.8 Å². The molecule has 0 fully saturated rings. The molecule has 0 saturated carbocycles. The number of furan rings is 1. The van der Waals surface area contributed by atoms with Crippen LogP contribution >= 0.6 is 11.3 Å². The van der Waals surface area contributed by atoms with Crippen molar-refractivity contribution in [3.05, 3.63) is 58.4 Å². The SMILES string of the molecule is CC(C)CNC(=O)c1nc(-c2ccco2)c(C(=O)c2ccccn2)s1. The second-order valence-electron chi connectivity index (χ2n) is 5.82. The minimum absolute atomic E-state index is 0.228. The Labute approximate surface area is 148 Å². The summed E-state index contributed by atoms with van der Waals surface area (Å²) in [5.41, 5.74) is 0.661. The number of hydrogen-bond donors (Lipinski definition) is 1. The highest BCUT2D eigenvalue weighted by molar-refractivity contribution is 7.16. The van der Waals surface area contributed by atoms with Gasteiger partial charge in [0.15, 0.2) is 10.8 Å². The van der Waals surface area contributed by atoms with E-state index in [1.54, 1.807) is 36.5 Å². The van der Waals surface area contributed by atoms with Gasteiger partial charge >= 0.3 is 0 Å². The van der Waals surface area contributed by atoms with Gasteiger partial charge in [-0.15, -0.1) is 11.3 Å². The summed E-state index contributed by atoms with van der Waals surface area (Å²) in [6.07, 6.45) is 3.05. The average Bonchev–Trinajstić information content (AvgIpc) is 3.29. The van der Waals surface area contributed by atoms with Gasteiger partial charge in [0.1, 0.15) is 16.3 Å². The summed E-state index contributed by atoms with van der Waals surface area (Å²) in [6.45, 7) is 4.55. The van der Waals surface area contributed by atoms with Gasteiger partial charge in [0.25, 0.3) is 5.91 Å². The van der Waals surface area contributed by atoms with Crippen LogP contribution in [0.1, 0.15) is 39.0 Å². The number of aromatic nitrogens is 2. The summed E-state index contributed by atoms with van der Waals surface area (Å²) < 4.78 is 5.38. The molecule has 1 amide bonds. The maximum Gasteiger partial charge on any atom is 0.280 e. The highest BCUT2D eigenvalue weighted by Gasteiger charge is 2.25. The predicted molar refractivity (Wildman–Crippen MR) is 94.7 cm³/mol. The van der Waals surface area contributed by atoms with Crippen molar-refractivity contribution in [1.29, 1.82) is 0 Å². The van der Waals surface area contributed by atoms with Gasteiger partial charge in [0.2, 0.25) is 5.78 Å². The summed E-state index contributed by atoms with van der Waals surface area (Å²) in [7, 11) is 0. The molecule has 25 heavy (non-hydrogen) atoms. The van der Waals surface area contributed by atoms with Crippen LogP contribution in [-0.4, -0.2) is 28.2 Å². The molecule has 3 aromatic heterocycles. The Kier molecular flexibility index (Phi) is 5.04. The topological polar surface area (TPSA) is 85.1 Å². The van der Waals surface area contributed by atoms with Crippen molar-refractivity contribution < 1.29 is 14.0 Å². The third-order valence-corrected chi connectivity index (χ3v) is 4.40. The zero-order valence-corrected chi connectivity index (χ0v) is 14.7. The molecule has 0 bridgehead atoms. The lowest BCUT2D eigenvalue weighted by molar-refractivity contribution is 0.0948. The molecule has 1 N–H and O–H groups in total. The Morgan fingerprint density at radius 2 is 2.08 bits per heavy atom. The molecule has 0 saturated heterocycles. The van der Waals surface area contributed by atoms with Crippen molar-refractivity contribution >= 4 is 23.0 Å². The number of thiazole rings is 1. The molecule has 3 aromatic rings. The maximum atomic E-state index is 12.8. The molecule has 0 aliphatic rings. The van der Waals surface area contributed by atoms with Crippen LogP contribution in [0.5, 0.6) is 0 Å². The van der Waals surface area contributed by atoms with Crippen LogP contribution < -0.4 is 5.32 Å². The molecule has 3 rings (SSSR count). The molecule has 0 spiro atoms. The lowest BCUT2D eigenvalue weighted by Crippen LogP contribution is -2.27. The van der Waals surface area contributed by atoms with Gasteiger partial charge in [-0.1, -0.05) is 19.9 Å². The standard InChI is InChI=1S/C18H17N3O3S/c1-11(2)10-20-17(23)18-21-14(13-7-5-9-24-13)16(25-18)15(22)12-6-3-4-8-19-12/h3-9,11H,10H2,1-2H3,(H,20,23). The molecule has 0 aliphatic heterocycles. The summed E-state index contributed by atoms with van der Waals surface area (Å²) >= 11 is 1.05. The van der Waals surface area contributed by atoms with Crippen LogP contribution in [0.15, 0.2) is 47.2 Å². The third-order valence-electron chi connectivity index (χ3n) is 3.35. The molecule has 0 atom stereocenters. The summed E-state index contributed by atoms with van der Waals surface area (Å²) in [5, 5.41) is 3.04. The van der Waals surface area contributed by atoms with Crippen molar-refractivity contribution in [2.24, 2.45) is 5.92 Å². The van der Waals surface area contributed by atoms with Crippen molar-refractivity contribution in [1.82, 2.24) is 15.3 Å². The van der Waals surface area contributed by atoms with Crippen LogP contribution in [0, 0.1) is 5.92 Å². The molecule has 0 unspecified atom stereocenters. The zero-order valence-electron chi connectivity index (χ0n) is 13.9. The number of rotatable bonds is 6. The molecule has 0 aliphatic carbocycles. The van der Waals surface area contributed by atoms with E-state index >= 15 is 0 Å². The van der Waals surface area contributed by atoms with Gasteiger partial charge in [0, 0.05) is 12.7 Å². The molecule has 0 radical (unpaired) electrons. The van der Waals surface area contributed by atoms with Gasteiger partial charge in [-0.05, 0) is 30.2 Å². The first-order chi connectivity index (χ1) is 12.1. The predicted octanol–water partition coefficient (Wildman–Crippen LogP) is 3.41. The number of ketones is 1. The molecule has 3 heterocycles. The van der Waals surface area contributed by atoms with E-state index in [4.69, 9.17) is 4.42 Å². The number of amides is 1. The highest BCUT2D eigenvalue weighted by atomic mass is 32.1. The lowest BCUT2D eigenvalue weighted by Gasteiger charge is -2.04. The lowest BCUT2D eigenvalue weighted by atomic mass is 10.1. The Morgan fingerprint density at radius 3 is 2.72 bits per heavy atom. The number of hydrogen-bond acceptors (Lipinski definition) is 6. The number of pyridine rings is 1. The molecular formula is C18H17N3O3S. The van der Waals surface area contributed by atoms with E-state index in [9.17, 15) is 9.59 Å². The third kappa shape index (κ3) is 3.83. The second-order valence-corrected chi connectivity index (χ2v) is 6.82. The van der Waals surface area contributed by atoms with E-state index in [-0.39, 0.29) is 16.7 Å². The first-order valence-corrected chi connectivity index (χ1v) is 8.66. The van der Waals surface area contributed by atoms with E-state index in [2.05, 4.69) is 15.3 Å². The molecule has 128 valence electrons. The number of nitrogens with one attached hydrogen (secondary N) is 1. The molecular weight excluding hydrogens is 338 g/mol. The molecule has 0 aromatic carbocycles. The quantitative estimate of drug-likeness (QED) is 0.685. The normalized spacial score (nSPS) is 10.8. The van der Waals surface area contributed by atoms with E-state index in [0.717, 1.165) is 11.3 Å². The summed E-state index contributed by atoms with van der Waals surface area (Å²) in [6, 6.07) is 8.53. The minimum atomic E-state index is -0.299. The second kappa shape index (κ2) is 7.40. The largest absolute Gasteiger partial charge is 0.463 e. The zero-order chi connectivity index (χ0) is 17.8. The van der Waals surface area contributed by atoms with Crippen LogP contribution in [0.2, 0.25) is 0 Å². The van der Waals surface area contributed by atoms with Gasteiger partial charge in [-0.2, -0.15) is 0 Å². The van der Waals surface area contributed by atoms with Gasteiger partial charge in [-0.3, -0.25) is 14.6 Å². The minimum Gasteiger partial charge on any atom is -0.463 e. The number of carbonyl (C=O) groups excluding carboxylic acids is 2. The van der Waals surface area contributed by atoms with E-state index < -0.39 is 0 Å². The maximum absolute atomic E-state index is 12.8. The van der Waals surface area contributed by atoms with Crippen LogP contribution in [0.25, 0.3) is 11.5 Å². The van der Waals surface area contributed by atoms with Crippen LogP contribution in [0.4, 0.5) is 0 Å². The fourth-order valence-electron chi connectivity index (χ4n) is 2.14. The first kappa shape index (κ1) is 17.0. The van der Waals surface area contributed by atoms with Gasteiger partial charge in [0.05, 0.1) is 6.26 Å². The fourth-order valence-corrected chi connectivity index (χ4v) is 3.07. The monoisotopic (exact) mass is 355 g/mol. The van der Waals surface area contributed by atoms with Gasteiger partial charge in [-0.25, -0.2) is 4.98 Å².